The van der Waals surface area contributed by atoms with Crippen molar-refractivity contribution in [2.24, 2.45) is 0 Å². The molecule has 0 aliphatic carbocycles. The van der Waals surface area contributed by atoms with Gasteiger partial charge in [-0.2, -0.15) is 0 Å². The van der Waals surface area contributed by atoms with Gasteiger partial charge in [-0.1, -0.05) is 58.8 Å². The third-order valence-electron chi connectivity index (χ3n) is 3.93. The number of likely N-dealkylation sites (N-methyl/N-ethyl adjacent to an activating group) is 1. The van der Waals surface area contributed by atoms with Gasteiger partial charge in [0.05, 0.1) is 23.1 Å². The summed E-state index contributed by atoms with van der Waals surface area (Å²) in [6.45, 7) is 0.848. The first-order valence-corrected chi connectivity index (χ1v) is 10.9. The lowest BCUT2D eigenvalue weighted by Crippen LogP contribution is -2.22. The molecule has 2 aromatic carbocycles. The minimum absolute atomic E-state index is 0.168. The van der Waals surface area contributed by atoms with Gasteiger partial charge < -0.3 is 9.47 Å². The van der Waals surface area contributed by atoms with Crippen molar-refractivity contribution in [2.45, 2.75) is 6.42 Å². The van der Waals surface area contributed by atoms with E-state index < -0.39 is 0 Å². The third-order valence-corrected chi connectivity index (χ3v) is 6.16. The Morgan fingerprint density at radius 1 is 1.07 bits per heavy atom. The number of ether oxygens (including phenoxy) is 2. The molecule has 0 spiro atoms. The molecule has 0 aromatic heterocycles. The lowest BCUT2D eigenvalue weighted by molar-refractivity contribution is -0.121. The number of rotatable bonds is 7. The Kier molecular flexibility index (Phi) is 7.71. The average Bonchev–Trinajstić information content (AvgIpc) is 2.91. The van der Waals surface area contributed by atoms with Gasteiger partial charge in [-0.15, -0.1) is 0 Å². The lowest BCUT2D eigenvalue weighted by Gasteiger charge is -2.13. The highest BCUT2D eigenvalue weighted by molar-refractivity contribution is 8.26. The molecule has 9 heteroatoms. The number of hydrogen-bond acceptors (Lipinski definition) is 5. The normalized spacial score (nSPS) is 15.3. The highest BCUT2D eigenvalue weighted by Crippen LogP contribution is 2.37. The fourth-order valence-electron chi connectivity index (χ4n) is 2.48. The van der Waals surface area contributed by atoms with Crippen LogP contribution in [0.1, 0.15) is 12.0 Å². The molecular weight excluding hydrogens is 473 g/mol. The summed E-state index contributed by atoms with van der Waals surface area (Å²) in [5, 5.41) is 1.48. The zero-order chi connectivity index (χ0) is 21.0. The van der Waals surface area contributed by atoms with E-state index in [1.54, 1.807) is 49.5 Å². The summed E-state index contributed by atoms with van der Waals surface area (Å²) in [4.78, 5) is 14.2. The molecule has 152 valence electrons. The predicted octanol–water partition coefficient (Wildman–Crippen LogP) is 6.33. The number of benzene rings is 2. The Morgan fingerprint density at radius 2 is 1.76 bits per heavy atom. The molecule has 1 amide bonds. The van der Waals surface area contributed by atoms with Crippen LogP contribution >= 0.6 is 58.8 Å². The summed E-state index contributed by atoms with van der Waals surface area (Å²) < 4.78 is 12.0. The van der Waals surface area contributed by atoms with Crippen LogP contribution in [-0.2, 0) is 4.79 Å². The standard InChI is InChI=1S/C20H16Cl3NO3S2/c1-24-19(25)17(29-20(24)28)10-12-9-14(22)11-16(23)18(12)27-8-2-7-26-15-5-3-13(21)4-6-15/h3-6,9-11H,2,7-8H2,1H3. The topological polar surface area (TPSA) is 38.8 Å². The zero-order valence-corrected chi connectivity index (χ0v) is 19.2. The second kappa shape index (κ2) is 10.0. The van der Waals surface area contributed by atoms with E-state index in [4.69, 9.17) is 56.5 Å². The molecule has 0 saturated carbocycles. The molecule has 0 unspecified atom stereocenters. The molecule has 0 atom stereocenters. The molecule has 1 aliphatic rings. The predicted molar refractivity (Wildman–Crippen MR) is 124 cm³/mol. The van der Waals surface area contributed by atoms with Gasteiger partial charge in [-0.3, -0.25) is 9.69 Å². The van der Waals surface area contributed by atoms with Crippen LogP contribution in [0.15, 0.2) is 41.3 Å². The SMILES string of the molecule is CN1C(=O)C(=Cc2cc(Cl)cc(Cl)c2OCCCOc2ccc(Cl)cc2)SC1=S. The van der Waals surface area contributed by atoms with Crippen molar-refractivity contribution in [1.29, 1.82) is 0 Å². The molecule has 3 rings (SSSR count). The first-order valence-electron chi connectivity index (χ1n) is 8.57. The van der Waals surface area contributed by atoms with Crippen molar-refractivity contribution in [3.8, 4) is 11.5 Å². The highest BCUT2D eigenvalue weighted by atomic mass is 35.5. The van der Waals surface area contributed by atoms with E-state index in [9.17, 15) is 4.79 Å². The summed E-state index contributed by atoms with van der Waals surface area (Å²) in [5.74, 6) is 1.03. The van der Waals surface area contributed by atoms with E-state index in [0.717, 1.165) is 5.75 Å². The third kappa shape index (κ3) is 5.80. The summed E-state index contributed by atoms with van der Waals surface area (Å²) >= 11 is 24.7. The van der Waals surface area contributed by atoms with Crippen molar-refractivity contribution in [3.63, 3.8) is 0 Å². The first kappa shape index (κ1) is 22.2. The van der Waals surface area contributed by atoms with Gasteiger partial charge in [-0.05, 0) is 42.5 Å². The van der Waals surface area contributed by atoms with E-state index in [1.807, 2.05) is 0 Å². The van der Waals surface area contributed by atoms with Crippen LogP contribution in [0.3, 0.4) is 0 Å². The Bertz CT molecular complexity index is 964. The maximum atomic E-state index is 12.3. The average molecular weight is 489 g/mol. The first-order chi connectivity index (χ1) is 13.8. The highest BCUT2D eigenvalue weighted by Gasteiger charge is 2.29. The lowest BCUT2D eigenvalue weighted by atomic mass is 10.1. The van der Waals surface area contributed by atoms with Crippen molar-refractivity contribution in [2.75, 3.05) is 20.3 Å². The minimum atomic E-state index is -0.168. The van der Waals surface area contributed by atoms with Crippen LogP contribution in [0, 0.1) is 0 Å². The molecule has 1 saturated heterocycles. The van der Waals surface area contributed by atoms with Gasteiger partial charge >= 0.3 is 0 Å². The molecular formula is C20H16Cl3NO3S2. The van der Waals surface area contributed by atoms with Gasteiger partial charge in [0.1, 0.15) is 15.8 Å². The van der Waals surface area contributed by atoms with Crippen LogP contribution in [0.25, 0.3) is 6.08 Å². The number of nitrogens with zero attached hydrogens (tertiary/aromatic N) is 1. The molecule has 29 heavy (non-hydrogen) atoms. The smallest absolute Gasteiger partial charge is 0.265 e. The fraction of sp³-hybridized carbons (Fsp3) is 0.200. The van der Waals surface area contributed by atoms with Gasteiger partial charge in [0.15, 0.2) is 0 Å². The number of carbonyl (C=O) groups is 1. The number of halogens is 3. The Balaban J connectivity index is 1.65. The molecule has 0 radical (unpaired) electrons. The minimum Gasteiger partial charge on any atom is -0.493 e. The Morgan fingerprint density at radius 3 is 2.41 bits per heavy atom. The fourth-order valence-corrected chi connectivity index (χ4v) is 4.34. The second-order valence-corrected chi connectivity index (χ2v) is 9.01. The maximum absolute atomic E-state index is 12.3. The largest absolute Gasteiger partial charge is 0.493 e. The molecule has 0 bridgehead atoms. The number of thioether (sulfide) groups is 1. The summed E-state index contributed by atoms with van der Waals surface area (Å²) in [6, 6.07) is 10.5. The summed E-state index contributed by atoms with van der Waals surface area (Å²) in [7, 11) is 1.64. The Labute approximate surface area is 193 Å². The number of hydrogen-bond donors (Lipinski definition) is 0. The van der Waals surface area contributed by atoms with E-state index in [0.29, 0.717) is 55.2 Å². The number of amides is 1. The zero-order valence-electron chi connectivity index (χ0n) is 15.3. The summed E-state index contributed by atoms with van der Waals surface area (Å²) in [6.07, 6.45) is 2.33. The van der Waals surface area contributed by atoms with Gasteiger partial charge in [-0.25, -0.2) is 0 Å². The van der Waals surface area contributed by atoms with Crippen LogP contribution in [0.2, 0.25) is 15.1 Å². The molecule has 2 aromatic rings. The van der Waals surface area contributed by atoms with E-state index in [-0.39, 0.29) is 5.91 Å². The number of thiocarbonyl (C=S) groups is 1. The molecule has 1 fully saturated rings. The molecule has 0 N–H and O–H groups in total. The molecule has 1 aliphatic heterocycles. The van der Waals surface area contributed by atoms with Crippen molar-refractivity contribution in [1.82, 2.24) is 4.90 Å². The quantitative estimate of drug-likeness (QED) is 0.259. The molecule has 1 heterocycles. The van der Waals surface area contributed by atoms with Gasteiger partial charge in [0, 0.05) is 29.1 Å². The van der Waals surface area contributed by atoms with Crippen molar-refractivity contribution < 1.29 is 14.3 Å². The Hall–Kier alpha value is -1.44. The van der Waals surface area contributed by atoms with Crippen molar-refractivity contribution >= 4 is 75.1 Å². The van der Waals surface area contributed by atoms with Crippen LogP contribution in [0.4, 0.5) is 0 Å². The maximum Gasteiger partial charge on any atom is 0.265 e. The van der Waals surface area contributed by atoms with E-state index >= 15 is 0 Å². The summed E-state index contributed by atoms with van der Waals surface area (Å²) in [5.41, 5.74) is 0.620. The van der Waals surface area contributed by atoms with Crippen molar-refractivity contribution in [3.05, 3.63) is 61.9 Å². The van der Waals surface area contributed by atoms with Gasteiger partial charge in [0.25, 0.3) is 5.91 Å². The van der Waals surface area contributed by atoms with Crippen LogP contribution in [0.5, 0.6) is 11.5 Å². The monoisotopic (exact) mass is 487 g/mol. The van der Waals surface area contributed by atoms with Gasteiger partial charge in [0.2, 0.25) is 0 Å². The number of carbonyl (C=O) groups excluding carboxylic acids is 1. The van der Waals surface area contributed by atoms with Crippen LogP contribution < -0.4 is 9.47 Å². The molecule has 4 nitrogen and oxygen atoms in total. The van der Waals surface area contributed by atoms with E-state index in [2.05, 4.69) is 0 Å². The van der Waals surface area contributed by atoms with Crippen LogP contribution in [-0.4, -0.2) is 35.4 Å². The second-order valence-electron chi connectivity index (χ2n) is 6.05. The van der Waals surface area contributed by atoms with E-state index in [1.165, 1.54) is 16.7 Å².